The summed E-state index contributed by atoms with van der Waals surface area (Å²) >= 11 is 1.44. The van der Waals surface area contributed by atoms with Gasteiger partial charge in [0.1, 0.15) is 5.82 Å². The molecule has 0 atom stereocenters. The summed E-state index contributed by atoms with van der Waals surface area (Å²) in [5.74, 6) is -0.535. The fourth-order valence-corrected chi connectivity index (χ4v) is 3.06. The number of amides is 1. The number of anilines is 1. The molecule has 2 aromatic carbocycles. The van der Waals surface area contributed by atoms with E-state index in [9.17, 15) is 9.18 Å². The predicted molar refractivity (Wildman–Crippen MR) is 83.1 cm³/mol. The molecule has 21 heavy (non-hydrogen) atoms. The molecule has 0 unspecified atom stereocenters. The van der Waals surface area contributed by atoms with E-state index in [1.54, 1.807) is 12.1 Å². The summed E-state index contributed by atoms with van der Waals surface area (Å²) in [5.41, 5.74) is 2.67. The van der Waals surface area contributed by atoms with E-state index in [1.165, 1.54) is 23.5 Å². The molecule has 0 aliphatic heterocycles. The van der Waals surface area contributed by atoms with Crippen LogP contribution in [0.1, 0.15) is 11.1 Å². The number of thiazole rings is 1. The first-order valence-electron chi connectivity index (χ1n) is 6.52. The Bertz CT molecular complexity index is 813. The molecule has 1 aromatic heterocycles. The van der Waals surface area contributed by atoms with Crippen LogP contribution in [0, 0.1) is 12.7 Å². The maximum Gasteiger partial charge on any atom is 0.230 e. The Morgan fingerprint density at radius 2 is 2.14 bits per heavy atom. The topological polar surface area (TPSA) is 42.0 Å². The van der Waals surface area contributed by atoms with Crippen LogP contribution in [0.3, 0.4) is 0 Å². The second-order valence-electron chi connectivity index (χ2n) is 4.85. The Morgan fingerprint density at radius 3 is 2.95 bits per heavy atom. The first-order chi connectivity index (χ1) is 10.1. The van der Waals surface area contributed by atoms with Gasteiger partial charge in [0.2, 0.25) is 5.91 Å². The maximum absolute atomic E-state index is 13.1. The molecular weight excluding hydrogens is 287 g/mol. The minimum absolute atomic E-state index is 0.132. The van der Waals surface area contributed by atoms with Crippen molar-refractivity contribution in [2.45, 2.75) is 13.3 Å². The molecule has 0 aliphatic rings. The molecule has 1 heterocycles. The van der Waals surface area contributed by atoms with Crippen molar-refractivity contribution in [3.8, 4) is 0 Å². The first-order valence-corrected chi connectivity index (χ1v) is 7.33. The predicted octanol–water partition coefficient (Wildman–Crippen LogP) is 3.93. The number of rotatable bonds is 3. The van der Waals surface area contributed by atoms with E-state index in [4.69, 9.17) is 0 Å². The van der Waals surface area contributed by atoms with Gasteiger partial charge in [-0.15, -0.1) is 0 Å². The number of fused-ring (bicyclic) bond motifs is 1. The second kappa shape index (κ2) is 5.61. The largest absolute Gasteiger partial charge is 0.302 e. The van der Waals surface area contributed by atoms with Gasteiger partial charge in [0.15, 0.2) is 5.13 Å². The molecule has 3 aromatic rings. The lowest BCUT2D eigenvalue weighted by atomic mass is 10.1. The molecule has 1 amide bonds. The first kappa shape index (κ1) is 13.7. The molecule has 0 bridgehead atoms. The van der Waals surface area contributed by atoms with E-state index in [0.29, 0.717) is 10.7 Å². The Hall–Kier alpha value is -2.27. The molecule has 0 spiro atoms. The number of carbonyl (C=O) groups is 1. The van der Waals surface area contributed by atoms with E-state index >= 15 is 0 Å². The SMILES string of the molecule is Cc1ccc2nc(NC(=O)Cc3cccc(F)c3)sc2c1. The molecular formula is C16H13FN2OS. The van der Waals surface area contributed by atoms with Crippen molar-refractivity contribution in [2.75, 3.05) is 5.32 Å². The van der Waals surface area contributed by atoms with Crippen molar-refractivity contribution in [1.82, 2.24) is 4.98 Å². The van der Waals surface area contributed by atoms with Crippen LogP contribution in [-0.4, -0.2) is 10.9 Å². The minimum Gasteiger partial charge on any atom is -0.302 e. The molecule has 3 nitrogen and oxygen atoms in total. The third-order valence-corrected chi connectivity index (χ3v) is 3.98. The molecule has 0 fully saturated rings. The molecule has 0 saturated carbocycles. The molecule has 5 heteroatoms. The lowest BCUT2D eigenvalue weighted by molar-refractivity contribution is -0.115. The zero-order valence-corrected chi connectivity index (χ0v) is 12.2. The monoisotopic (exact) mass is 300 g/mol. The molecule has 3 rings (SSSR count). The van der Waals surface area contributed by atoms with Gasteiger partial charge in [-0.05, 0) is 42.3 Å². The number of nitrogens with one attached hydrogen (secondary N) is 1. The third-order valence-electron chi connectivity index (χ3n) is 3.04. The van der Waals surface area contributed by atoms with Gasteiger partial charge in [0.05, 0.1) is 16.6 Å². The Kier molecular flexibility index (Phi) is 3.66. The van der Waals surface area contributed by atoms with Gasteiger partial charge in [0.25, 0.3) is 0 Å². The zero-order valence-electron chi connectivity index (χ0n) is 11.4. The normalized spacial score (nSPS) is 10.8. The van der Waals surface area contributed by atoms with Gasteiger partial charge in [-0.1, -0.05) is 29.5 Å². The average molecular weight is 300 g/mol. The summed E-state index contributed by atoms with van der Waals surface area (Å²) in [4.78, 5) is 16.3. The number of aromatic nitrogens is 1. The van der Waals surface area contributed by atoms with Gasteiger partial charge < -0.3 is 5.32 Å². The minimum atomic E-state index is -0.337. The third kappa shape index (κ3) is 3.25. The zero-order chi connectivity index (χ0) is 14.8. The smallest absolute Gasteiger partial charge is 0.230 e. The summed E-state index contributed by atoms with van der Waals surface area (Å²) in [6, 6.07) is 12.0. The van der Waals surface area contributed by atoms with E-state index in [-0.39, 0.29) is 18.1 Å². The van der Waals surface area contributed by atoms with Crippen LogP contribution in [0.5, 0.6) is 0 Å². The van der Waals surface area contributed by atoms with Crippen LogP contribution in [0.25, 0.3) is 10.2 Å². The van der Waals surface area contributed by atoms with Crippen LogP contribution in [0.15, 0.2) is 42.5 Å². The van der Waals surface area contributed by atoms with Crippen LogP contribution in [0.4, 0.5) is 9.52 Å². The van der Waals surface area contributed by atoms with Crippen molar-refractivity contribution in [2.24, 2.45) is 0 Å². The highest BCUT2D eigenvalue weighted by Gasteiger charge is 2.09. The summed E-state index contributed by atoms with van der Waals surface area (Å²) < 4.78 is 14.1. The summed E-state index contributed by atoms with van der Waals surface area (Å²) in [7, 11) is 0. The number of halogens is 1. The highest BCUT2D eigenvalue weighted by molar-refractivity contribution is 7.22. The van der Waals surface area contributed by atoms with E-state index < -0.39 is 0 Å². The van der Waals surface area contributed by atoms with Crippen molar-refractivity contribution < 1.29 is 9.18 Å². The lowest BCUT2D eigenvalue weighted by Gasteiger charge is -2.01. The highest BCUT2D eigenvalue weighted by Crippen LogP contribution is 2.26. The lowest BCUT2D eigenvalue weighted by Crippen LogP contribution is -2.14. The quantitative estimate of drug-likeness (QED) is 0.796. The van der Waals surface area contributed by atoms with Gasteiger partial charge in [-0.3, -0.25) is 4.79 Å². The number of aryl methyl sites for hydroxylation is 1. The molecule has 0 radical (unpaired) electrons. The molecule has 0 aliphatic carbocycles. The standard InChI is InChI=1S/C16H13FN2OS/c1-10-5-6-13-14(7-10)21-16(18-13)19-15(20)9-11-3-2-4-12(17)8-11/h2-8H,9H2,1H3,(H,18,19,20). The summed E-state index contributed by atoms with van der Waals surface area (Å²) in [6.07, 6.45) is 0.132. The Labute approximate surface area is 125 Å². The molecule has 1 N–H and O–H groups in total. The van der Waals surface area contributed by atoms with Crippen LogP contribution < -0.4 is 5.32 Å². The van der Waals surface area contributed by atoms with E-state index in [2.05, 4.69) is 10.3 Å². The van der Waals surface area contributed by atoms with Gasteiger partial charge >= 0.3 is 0 Å². The van der Waals surface area contributed by atoms with Crippen molar-refractivity contribution in [3.05, 3.63) is 59.4 Å². The highest BCUT2D eigenvalue weighted by atomic mass is 32.1. The van der Waals surface area contributed by atoms with Gasteiger partial charge in [-0.25, -0.2) is 9.37 Å². The number of carbonyl (C=O) groups excluding carboxylic acids is 1. The summed E-state index contributed by atoms with van der Waals surface area (Å²) in [6.45, 7) is 2.02. The maximum atomic E-state index is 13.1. The van der Waals surface area contributed by atoms with Crippen molar-refractivity contribution >= 4 is 32.6 Å². The fraction of sp³-hybridized carbons (Fsp3) is 0.125. The van der Waals surface area contributed by atoms with E-state index in [0.717, 1.165) is 15.8 Å². The summed E-state index contributed by atoms with van der Waals surface area (Å²) in [5, 5.41) is 3.33. The number of nitrogens with zero attached hydrogens (tertiary/aromatic N) is 1. The average Bonchev–Trinajstić information content (AvgIpc) is 2.79. The van der Waals surface area contributed by atoms with Crippen LogP contribution in [-0.2, 0) is 11.2 Å². The van der Waals surface area contributed by atoms with Crippen molar-refractivity contribution in [1.29, 1.82) is 0 Å². The van der Waals surface area contributed by atoms with Crippen molar-refractivity contribution in [3.63, 3.8) is 0 Å². The van der Waals surface area contributed by atoms with Gasteiger partial charge in [0, 0.05) is 0 Å². The molecule has 0 saturated heterocycles. The fourth-order valence-electron chi connectivity index (χ4n) is 2.08. The van der Waals surface area contributed by atoms with Crippen LogP contribution in [0.2, 0.25) is 0 Å². The second-order valence-corrected chi connectivity index (χ2v) is 5.88. The number of benzene rings is 2. The number of hydrogen-bond donors (Lipinski definition) is 1. The molecule has 106 valence electrons. The van der Waals surface area contributed by atoms with E-state index in [1.807, 2.05) is 25.1 Å². The Balaban J connectivity index is 1.74. The number of hydrogen-bond acceptors (Lipinski definition) is 3. The van der Waals surface area contributed by atoms with Crippen LogP contribution >= 0.6 is 11.3 Å². The Morgan fingerprint density at radius 1 is 1.29 bits per heavy atom. The van der Waals surface area contributed by atoms with Gasteiger partial charge in [-0.2, -0.15) is 0 Å².